The molecular weight excluding hydrogens is 380 g/mol. The lowest BCUT2D eigenvalue weighted by Gasteiger charge is -2.38. The van der Waals surface area contributed by atoms with Crippen molar-refractivity contribution in [1.29, 1.82) is 0 Å². The number of carbonyl (C=O) groups is 1. The maximum absolute atomic E-state index is 12.0. The number of benzene rings is 2. The second-order valence-corrected chi connectivity index (χ2v) is 6.81. The molecule has 9 heteroatoms. The van der Waals surface area contributed by atoms with Crippen LogP contribution in [0.15, 0.2) is 36.4 Å². The third-order valence-corrected chi connectivity index (χ3v) is 4.91. The molecule has 1 saturated heterocycles. The van der Waals surface area contributed by atoms with Gasteiger partial charge >= 0.3 is 5.97 Å². The number of para-hydroxylation sites is 2. The fraction of sp³-hybridized carbons (Fsp3) is 0.350. The van der Waals surface area contributed by atoms with Gasteiger partial charge < -0.3 is 29.5 Å². The number of aromatic nitrogens is 2. The van der Waals surface area contributed by atoms with Crippen LogP contribution in [0.25, 0.3) is 22.1 Å². The molecule has 2 aromatic carbocycles. The van der Waals surface area contributed by atoms with Gasteiger partial charge in [0.25, 0.3) is 0 Å². The Kier molecular flexibility index (Phi) is 5.05. The minimum atomic E-state index is -1.45. The molecule has 0 bridgehead atoms. The summed E-state index contributed by atoms with van der Waals surface area (Å²) >= 11 is 0. The van der Waals surface area contributed by atoms with E-state index in [1.165, 1.54) is 7.11 Å². The summed E-state index contributed by atoms with van der Waals surface area (Å²) in [6.45, 7) is 1.57. The number of esters is 1. The van der Waals surface area contributed by atoms with Crippen molar-refractivity contribution in [3.63, 3.8) is 0 Å². The summed E-state index contributed by atoms with van der Waals surface area (Å²) in [6, 6.07) is 10.0. The van der Waals surface area contributed by atoms with E-state index >= 15 is 0 Å². The Bertz CT molecular complexity index is 1070. The number of fused-ring (bicyclic) bond motifs is 2. The van der Waals surface area contributed by atoms with Gasteiger partial charge in [0.05, 0.1) is 29.8 Å². The largest absolute Gasteiger partial charge is 0.465 e. The van der Waals surface area contributed by atoms with E-state index in [1.807, 2.05) is 0 Å². The number of carbonyl (C=O) groups excluding carboxylic acids is 1. The Labute approximate surface area is 165 Å². The maximum atomic E-state index is 12.0. The van der Waals surface area contributed by atoms with E-state index in [0.29, 0.717) is 27.6 Å². The SMILES string of the molecule is COC(=O)c1cccc2nc3c(OC4OC(C)C(O)C(O)C4O)cccc3nc12. The number of ether oxygens (including phenoxy) is 3. The molecule has 0 saturated carbocycles. The van der Waals surface area contributed by atoms with Crippen LogP contribution in [-0.4, -0.2) is 69.1 Å². The minimum absolute atomic E-state index is 0.278. The standard InChI is InChI=1S/C20H20N2O7/c1-9-16(23)17(24)18(25)20(28-9)29-13-8-4-7-12-15(13)22-11-6-3-5-10(14(11)21-12)19(26)27-2/h3-9,16-18,20,23-25H,1-2H3. The van der Waals surface area contributed by atoms with E-state index in [-0.39, 0.29) is 5.75 Å². The van der Waals surface area contributed by atoms with Crippen molar-refractivity contribution in [2.24, 2.45) is 0 Å². The molecule has 29 heavy (non-hydrogen) atoms. The predicted octanol–water partition coefficient (Wildman–Crippen LogP) is 0.776. The summed E-state index contributed by atoms with van der Waals surface area (Å²) < 4.78 is 16.1. The van der Waals surface area contributed by atoms with Gasteiger partial charge in [0.1, 0.15) is 29.3 Å². The Balaban J connectivity index is 1.76. The van der Waals surface area contributed by atoms with Crippen LogP contribution in [-0.2, 0) is 9.47 Å². The number of aliphatic hydroxyl groups is 3. The highest BCUT2D eigenvalue weighted by atomic mass is 16.7. The van der Waals surface area contributed by atoms with Gasteiger partial charge in [-0.15, -0.1) is 0 Å². The van der Waals surface area contributed by atoms with Crippen LogP contribution in [0.4, 0.5) is 0 Å². The summed E-state index contributed by atoms with van der Waals surface area (Å²) in [7, 11) is 1.30. The van der Waals surface area contributed by atoms with Gasteiger partial charge in [-0.3, -0.25) is 0 Å². The van der Waals surface area contributed by atoms with Crippen LogP contribution in [0, 0.1) is 0 Å². The van der Waals surface area contributed by atoms with Crippen LogP contribution in [0.3, 0.4) is 0 Å². The van der Waals surface area contributed by atoms with Crippen molar-refractivity contribution in [1.82, 2.24) is 9.97 Å². The highest BCUT2D eigenvalue weighted by molar-refractivity contribution is 6.03. The van der Waals surface area contributed by atoms with Gasteiger partial charge in [0.15, 0.2) is 5.75 Å². The average Bonchev–Trinajstić information content (AvgIpc) is 2.73. The van der Waals surface area contributed by atoms with E-state index in [0.717, 1.165) is 0 Å². The van der Waals surface area contributed by atoms with Gasteiger partial charge in [-0.2, -0.15) is 0 Å². The minimum Gasteiger partial charge on any atom is -0.465 e. The van der Waals surface area contributed by atoms with Crippen LogP contribution >= 0.6 is 0 Å². The Morgan fingerprint density at radius 2 is 1.62 bits per heavy atom. The molecule has 5 unspecified atom stereocenters. The molecule has 3 aromatic rings. The molecule has 1 fully saturated rings. The lowest BCUT2D eigenvalue weighted by atomic mass is 10.00. The number of methoxy groups -OCH3 is 1. The zero-order valence-corrected chi connectivity index (χ0v) is 15.7. The number of hydrogen-bond donors (Lipinski definition) is 3. The second kappa shape index (κ2) is 7.53. The molecule has 9 nitrogen and oxygen atoms in total. The van der Waals surface area contributed by atoms with Gasteiger partial charge in [-0.05, 0) is 31.2 Å². The van der Waals surface area contributed by atoms with Crippen molar-refractivity contribution in [2.45, 2.75) is 37.6 Å². The number of hydrogen-bond acceptors (Lipinski definition) is 9. The quantitative estimate of drug-likeness (QED) is 0.431. The van der Waals surface area contributed by atoms with Crippen LogP contribution in [0.5, 0.6) is 5.75 Å². The summed E-state index contributed by atoms with van der Waals surface area (Å²) in [5, 5.41) is 30.0. The smallest absolute Gasteiger partial charge is 0.340 e. The van der Waals surface area contributed by atoms with Crippen LogP contribution in [0.1, 0.15) is 17.3 Å². The summed E-state index contributed by atoms with van der Waals surface area (Å²) in [4.78, 5) is 21.1. The zero-order valence-electron chi connectivity index (χ0n) is 15.7. The average molecular weight is 400 g/mol. The molecule has 0 aliphatic carbocycles. The first kappa shape index (κ1) is 19.5. The molecule has 152 valence electrons. The second-order valence-electron chi connectivity index (χ2n) is 6.81. The summed E-state index contributed by atoms with van der Waals surface area (Å²) in [5.41, 5.74) is 2.01. The molecule has 1 aliphatic heterocycles. The fourth-order valence-corrected chi connectivity index (χ4v) is 3.30. The lowest BCUT2D eigenvalue weighted by molar-refractivity contribution is -0.267. The topological polar surface area (TPSA) is 131 Å². The van der Waals surface area contributed by atoms with Gasteiger partial charge in [-0.1, -0.05) is 12.1 Å². The first-order chi connectivity index (χ1) is 13.9. The number of nitrogens with zero attached hydrogens (tertiary/aromatic N) is 2. The molecule has 0 radical (unpaired) electrons. The Morgan fingerprint density at radius 3 is 2.34 bits per heavy atom. The predicted molar refractivity (Wildman–Crippen MR) is 101 cm³/mol. The fourth-order valence-electron chi connectivity index (χ4n) is 3.30. The molecular formula is C20H20N2O7. The highest BCUT2D eigenvalue weighted by Crippen LogP contribution is 2.30. The van der Waals surface area contributed by atoms with E-state index in [9.17, 15) is 20.1 Å². The molecule has 0 spiro atoms. The molecule has 2 heterocycles. The third-order valence-electron chi connectivity index (χ3n) is 4.91. The van der Waals surface area contributed by atoms with Crippen LogP contribution in [0.2, 0.25) is 0 Å². The summed E-state index contributed by atoms with van der Waals surface area (Å²) in [6.07, 6.45) is -6.02. The molecule has 0 amide bonds. The molecule has 1 aliphatic rings. The van der Waals surface area contributed by atoms with Crippen molar-refractivity contribution in [3.8, 4) is 5.75 Å². The normalized spacial score (nSPS) is 27.1. The van der Waals surface area contributed by atoms with E-state index < -0.39 is 36.7 Å². The number of rotatable bonds is 3. The lowest BCUT2D eigenvalue weighted by Crippen LogP contribution is -2.58. The monoisotopic (exact) mass is 400 g/mol. The van der Waals surface area contributed by atoms with Crippen molar-refractivity contribution < 1.29 is 34.3 Å². The van der Waals surface area contributed by atoms with Gasteiger partial charge in [0.2, 0.25) is 6.29 Å². The van der Waals surface area contributed by atoms with Crippen molar-refractivity contribution in [3.05, 3.63) is 42.0 Å². The zero-order chi connectivity index (χ0) is 20.7. The van der Waals surface area contributed by atoms with E-state index in [2.05, 4.69) is 9.97 Å². The molecule has 5 atom stereocenters. The molecule has 1 aromatic heterocycles. The van der Waals surface area contributed by atoms with Gasteiger partial charge in [0, 0.05) is 0 Å². The summed E-state index contributed by atoms with van der Waals surface area (Å²) in [5.74, 6) is -0.239. The van der Waals surface area contributed by atoms with E-state index in [4.69, 9.17) is 14.2 Å². The Hall–Kier alpha value is -2.85. The highest BCUT2D eigenvalue weighted by Gasteiger charge is 2.43. The van der Waals surface area contributed by atoms with Gasteiger partial charge in [-0.25, -0.2) is 14.8 Å². The third kappa shape index (κ3) is 3.38. The van der Waals surface area contributed by atoms with Crippen LogP contribution < -0.4 is 4.74 Å². The van der Waals surface area contributed by atoms with Crippen molar-refractivity contribution >= 4 is 28.0 Å². The Morgan fingerprint density at radius 1 is 0.966 bits per heavy atom. The first-order valence-corrected chi connectivity index (χ1v) is 9.05. The first-order valence-electron chi connectivity index (χ1n) is 9.05. The maximum Gasteiger partial charge on any atom is 0.340 e. The molecule has 3 N–H and O–H groups in total. The van der Waals surface area contributed by atoms with E-state index in [1.54, 1.807) is 43.3 Å². The molecule has 4 rings (SSSR count). The van der Waals surface area contributed by atoms with Crippen molar-refractivity contribution in [2.75, 3.05) is 7.11 Å². The number of aliphatic hydroxyl groups excluding tert-OH is 3.